The number of fused-ring (bicyclic) bond motifs is 7. The molecule has 0 atom stereocenters. The Bertz CT molecular complexity index is 3600. The van der Waals surface area contributed by atoms with Gasteiger partial charge >= 0.3 is 0 Å². The van der Waals surface area contributed by atoms with Crippen molar-refractivity contribution in [3.8, 4) is 44.5 Å². The first-order valence-corrected chi connectivity index (χ1v) is 20.7. The maximum atomic E-state index is 6.47. The Kier molecular flexibility index (Phi) is 8.17. The Balaban J connectivity index is 1.01. The van der Waals surface area contributed by atoms with Gasteiger partial charge in [-0.05, 0) is 105 Å². The summed E-state index contributed by atoms with van der Waals surface area (Å²) in [6.07, 6.45) is 0. The summed E-state index contributed by atoms with van der Waals surface area (Å²) in [6, 6.07) is 80.1. The van der Waals surface area contributed by atoms with E-state index in [1.54, 1.807) is 0 Å². The number of furan rings is 2. The van der Waals surface area contributed by atoms with Crippen LogP contribution in [0.3, 0.4) is 0 Å². The second-order valence-corrected chi connectivity index (χ2v) is 15.6. The third-order valence-corrected chi connectivity index (χ3v) is 12.1. The molecule has 10 aromatic carbocycles. The van der Waals surface area contributed by atoms with Crippen molar-refractivity contribution < 1.29 is 8.83 Å². The molecule has 286 valence electrons. The fourth-order valence-corrected chi connectivity index (χ4v) is 9.17. The van der Waals surface area contributed by atoms with Gasteiger partial charge in [0.1, 0.15) is 22.3 Å². The highest BCUT2D eigenvalue weighted by atomic mass is 16.3. The average Bonchev–Trinajstić information content (AvgIpc) is 3.90. The lowest BCUT2D eigenvalue weighted by molar-refractivity contribution is 0.669. The van der Waals surface area contributed by atoms with Crippen LogP contribution in [0.5, 0.6) is 0 Å². The van der Waals surface area contributed by atoms with E-state index in [1.165, 1.54) is 21.9 Å². The Morgan fingerprint density at radius 1 is 0.279 bits per heavy atom. The summed E-state index contributed by atoms with van der Waals surface area (Å²) in [4.78, 5) is 2.39. The highest BCUT2D eigenvalue weighted by molar-refractivity contribution is 6.10. The number of rotatable bonds is 7. The van der Waals surface area contributed by atoms with Gasteiger partial charge in [-0.1, -0.05) is 164 Å². The van der Waals surface area contributed by atoms with Gasteiger partial charge in [-0.3, -0.25) is 0 Å². The van der Waals surface area contributed by atoms with Crippen molar-refractivity contribution in [2.75, 3.05) is 4.90 Å². The van der Waals surface area contributed by atoms with Gasteiger partial charge in [0.2, 0.25) is 0 Å². The maximum absolute atomic E-state index is 6.47. The number of hydrogen-bond donors (Lipinski definition) is 0. The van der Waals surface area contributed by atoms with Crippen LogP contribution in [0.25, 0.3) is 99.2 Å². The van der Waals surface area contributed by atoms with E-state index in [0.717, 1.165) is 94.3 Å². The molecule has 2 aromatic heterocycles. The Morgan fingerprint density at radius 3 is 1.70 bits per heavy atom. The van der Waals surface area contributed by atoms with E-state index in [1.807, 2.05) is 24.3 Å². The van der Waals surface area contributed by atoms with Crippen molar-refractivity contribution in [3.05, 3.63) is 224 Å². The zero-order valence-electron chi connectivity index (χ0n) is 33.1. The Labute approximate surface area is 353 Å². The van der Waals surface area contributed by atoms with Gasteiger partial charge in [0.15, 0.2) is 0 Å². The minimum absolute atomic E-state index is 0.882. The zero-order valence-corrected chi connectivity index (χ0v) is 33.1. The topological polar surface area (TPSA) is 29.5 Å². The molecule has 0 amide bonds. The average molecular weight is 780 g/mol. The van der Waals surface area contributed by atoms with Gasteiger partial charge in [0, 0.05) is 44.0 Å². The van der Waals surface area contributed by atoms with Crippen LogP contribution in [-0.4, -0.2) is 0 Å². The zero-order chi connectivity index (χ0) is 40.3. The van der Waals surface area contributed by atoms with Gasteiger partial charge in [-0.2, -0.15) is 0 Å². The molecule has 61 heavy (non-hydrogen) atoms. The summed E-state index contributed by atoms with van der Waals surface area (Å²) >= 11 is 0. The summed E-state index contributed by atoms with van der Waals surface area (Å²) in [5.41, 5.74) is 15.9. The van der Waals surface area contributed by atoms with Gasteiger partial charge in [0.25, 0.3) is 0 Å². The molecule has 0 N–H and O–H groups in total. The molecule has 12 rings (SSSR count). The molecule has 0 saturated carbocycles. The molecule has 0 unspecified atom stereocenters. The van der Waals surface area contributed by atoms with E-state index in [4.69, 9.17) is 8.83 Å². The highest BCUT2D eigenvalue weighted by Gasteiger charge is 2.20. The van der Waals surface area contributed by atoms with Crippen LogP contribution in [0, 0.1) is 0 Å². The molecular formula is C58H37NO2. The molecule has 0 saturated heterocycles. The molecule has 0 spiro atoms. The quantitative estimate of drug-likeness (QED) is 0.161. The van der Waals surface area contributed by atoms with Gasteiger partial charge in [0.05, 0.1) is 5.69 Å². The van der Waals surface area contributed by atoms with E-state index in [-0.39, 0.29) is 0 Å². The molecule has 0 bridgehead atoms. The monoisotopic (exact) mass is 779 g/mol. The van der Waals surface area contributed by atoms with Crippen LogP contribution in [0.15, 0.2) is 233 Å². The van der Waals surface area contributed by atoms with Crippen molar-refractivity contribution in [2.24, 2.45) is 0 Å². The second-order valence-electron chi connectivity index (χ2n) is 15.6. The molecule has 0 aliphatic carbocycles. The smallest absolute Gasteiger partial charge is 0.143 e. The second kappa shape index (κ2) is 14.3. The molecule has 3 nitrogen and oxygen atoms in total. The summed E-state index contributed by atoms with van der Waals surface area (Å²) in [7, 11) is 0. The third kappa shape index (κ3) is 5.98. The van der Waals surface area contributed by atoms with Crippen LogP contribution in [-0.2, 0) is 0 Å². The van der Waals surface area contributed by atoms with E-state index in [0.29, 0.717) is 0 Å². The fraction of sp³-hybridized carbons (Fsp3) is 0. The lowest BCUT2D eigenvalue weighted by Crippen LogP contribution is -2.11. The SMILES string of the molecule is c1cc(-c2cccc(N(c3ccc(-c4cccc5c4oc4ccccc45)cc3)c3ccccc3-c3ccc4oc5ccccc5c4c3)c2)cc(-c2cccc3ccccc23)c1. The van der Waals surface area contributed by atoms with E-state index >= 15 is 0 Å². The fourth-order valence-electron chi connectivity index (χ4n) is 9.17. The summed E-state index contributed by atoms with van der Waals surface area (Å²) < 4.78 is 12.7. The molecule has 0 aliphatic rings. The molecule has 0 fully saturated rings. The summed E-state index contributed by atoms with van der Waals surface area (Å²) in [5.74, 6) is 0. The number of hydrogen-bond acceptors (Lipinski definition) is 3. The van der Waals surface area contributed by atoms with Crippen molar-refractivity contribution in [1.82, 2.24) is 0 Å². The maximum Gasteiger partial charge on any atom is 0.143 e. The van der Waals surface area contributed by atoms with E-state index in [9.17, 15) is 0 Å². The van der Waals surface area contributed by atoms with Crippen LogP contribution < -0.4 is 4.90 Å². The molecular weight excluding hydrogens is 743 g/mol. The molecule has 0 radical (unpaired) electrons. The number of benzene rings is 10. The first-order valence-electron chi connectivity index (χ1n) is 20.7. The van der Waals surface area contributed by atoms with Gasteiger partial charge < -0.3 is 13.7 Å². The standard InChI is InChI=1S/C58H37NO2/c1-2-19-46-38(13-1)14-11-23-47(46)42-17-9-15-40(35-42)41-16-10-18-45(36-41)59(44-32-29-39(30-33-44)49-24-12-25-52-50-21-4-8-28-56(50)61-58(49)52)54-26-6-3-20-48(54)43-31-34-57-53(37-43)51-22-5-7-27-55(51)60-57/h1-37H. The first-order chi connectivity index (χ1) is 30.2. The molecule has 0 aliphatic heterocycles. The van der Waals surface area contributed by atoms with Gasteiger partial charge in [-0.25, -0.2) is 0 Å². The van der Waals surface area contributed by atoms with E-state index in [2.05, 4.69) is 205 Å². The van der Waals surface area contributed by atoms with Crippen molar-refractivity contribution in [2.45, 2.75) is 0 Å². The van der Waals surface area contributed by atoms with E-state index < -0.39 is 0 Å². The van der Waals surface area contributed by atoms with Crippen molar-refractivity contribution in [1.29, 1.82) is 0 Å². The summed E-state index contributed by atoms with van der Waals surface area (Å²) in [5, 5.41) is 6.95. The first kappa shape index (κ1) is 34.9. The lowest BCUT2D eigenvalue weighted by Gasteiger charge is -2.28. The molecule has 3 heteroatoms. The highest BCUT2D eigenvalue weighted by Crippen LogP contribution is 2.44. The number of anilines is 3. The third-order valence-electron chi connectivity index (χ3n) is 12.1. The minimum Gasteiger partial charge on any atom is -0.456 e. The predicted molar refractivity (Wildman–Crippen MR) is 255 cm³/mol. The Morgan fingerprint density at radius 2 is 0.836 bits per heavy atom. The van der Waals surface area contributed by atoms with Crippen LogP contribution in [0.2, 0.25) is 0 Å². The minimum atomic E-state index is 0.882. The normalized spacial score (nSPS) is 11.6. The van der Waals surface area contributed by atoms with Crippen LogP contribution in [0.1, 0.15) is 0 Å². The predicted octanol–water partition coefficient (Wildman–Crippen LogP) is 16.8. The van der Waals surface area contributed by atoms with Crippen LogP contribution >= 0.6 is 0 Å². The largest absolute Gasteiger partial charge is 0.456 e. The number of para-hydroxylation sites is 4. The summed E-state index contributed by atoms with van der Waals surface area (Å²) in [6.45, 7) is 0. The van der Waals surface area contributed by atoms with Crippen molar-refractivity contribution >= 4 is 71.7 Å². The lowest BCUT2D eigenvalue weighted by atomic mass is 9.95. The Hall–Kier alpha value is -8.14. The molecule has 12 aromatic rings. The van der Waals surface area contributed by atoms with Gasteiger partial charge in [-0.15, -0.1) is 0 Å². The van der Waals surface area contributed by atoms with Crippen molar-refractivity contribution in [3.63, 3.8) is 0 Å². The number of nitrogens with zero attached hydrogens (tertiary/aromatic N) is 1. The van der Waals surface area contributed by atoms with Crippen LogP contribution in [0.4, 0.5) is 17.1 Å². The molecule has 2 heterocycles.